The minimum atomic E-state index is 0.0567. The molecule has 1 aromatic rings. The van der Waals surface area contributed by atoms with Crippen molar-refractivity contribution in [1.29, 1.82) is 0 Å². The maximum atomic E-state index is 12.3. The molecule has 0 atom stereocenters. The van der Waals surface area contributed by atoms with Gasteiger partial charge in [-0.05, 0) is 61.9 Å². The molecule has 3 fully saturated rings. The molecule has 0 N–H and O–H groups in total. The molecule has 2 aliphatic heterocycles. The highest BCUT2D eigenvalue weighted by molar-refractivity contribution is 5.92. The molecule has 0 radical (unpaired) electrons. The van der Waals surface area contributed by atoms with Crippen molar-refractivity contribution < 1.29 is 14.3 Å². The average Bonchev–Trinajstić information content (AvgIpc) is 2.68. The Hall–Kier alpha value is -1.85. The van der Waals surface area contributed by atoms with E-state index >= 15 is 0 Å². The first-order chi connectivity index (χ1) is 13.7. The molecule has 152 valence electrons. The molecule has 2 saturated heterocycles. The lowest BCUT2D eigenvalue weighted by Gasteiger charge is -2.41. The number of amides is 1. The van der Waals surface area contributed by atoms with Crippen LogP contribution in [0.4, 0.5) is 0 Å². The Morgan fingerprint density at radius 2 is 1.86 bits per heavy atom. The third-order valence-corrected chi connectivity index (χ3v) is 6.34. The van der Waals surface area contributed by atoms with Crippen LogP contribution in [0.3, 0.4) is 0 Å². The van der Waals surface area contributed by atoms with Gasteiger partial charge in [0.2, 0.25) is 5.91 Å². The van der Waals surface area contributed by atoms with Crippen molar-refractivity contribution in [2.75, 3.05) is 39.4 Å². The highest BCUT2D eigenvalue weighted by atomic mass is 16.5. The van der Waals surface area contributed by atoms with Crippen molar-refractivity contribution >= 4 is 12.0 Å². The zero-order valence-electron chi connectivity index (χ0n) is 16.9. The number of aryl methyl sites for hydroxylation is 1. The van der Waals surface area contributed by atoms with Gasteiger partial charge in [0.05, 0.1) is 13.2 Å². The Kier molecular flexibility index (Phi) is 6.33. The molecule has 1 aromatic carbocycles. The van der Waals surface area contributed by atoms with Crippen LogP contribution in [-0.2, 0) is 9.53 Å². The number of nitrogens with zero attached hydrogens (tertiary/aromatic N) is 2. The van der Waals surface area contributed by atoms with Crippen LogP contribution in [0.2, 0.25) is 0 Å². The van der Waals surface area contributed by atoms with Crippen molar-refractivity contribution in [3.05, 3.63) is 35.4 Å². The van der Waals surface area contributed by atoms with Gasteiger partial charge in [0.25, 0.3) is 0 Å². The Labute approximate surface area is 168 Å². The van der Waals surface area contributed by atoms with Crippen LogP contribution in [0, 0.1) is 6.92 Å². The van der Waals surface area contributed by atoms with Gasteiger partial charge in [-0.3, -0.25) is 4.79 Å². The second kappa shape index (κ2) is 9.10. The minimum absolute atomic E-state index is 0.0567. The van der Waals surface area contributed by atoms with Gasteiger partial charge >= 0.3 is 0 Å². The van der Waals surface area contributed by atoms with E-state index in [9.17, 15) is 4.79 Å². The van der Waals surface area contributed by atoms with Crippen molar-refractivity contribution in [1.82, 2.24) is 9.80 Å². The van der Waals surface area contributed by atoms with E-state index in [0.717, 1.165) is 35.8 Å². The number of morpholine rings is 1. The first-order valence-corrected chi connectivity index (χ1v) is 10.7. The van der Waals surface area contributed by atoms with E-state index in [1.165, 1.54) is 32.4 Å². The van der Waals surface area contributed by atoms with Crippen LogP contribution in [0.1, 0.15) is 43.2 Å². The van der Waals surface area contributed by atoms with Gasteiger partial charge in [-0.15, -0.1) is 0 Å². The van der Waals surface area contributed by atoms with E-state index < -0.39 is 0 Å². The molecular weight excluding hydrogens is 352 g/mol. The fourth-order valence-electron chi connectivity index (χ4n) is 4.26. The smallest absolute Gasteiger partial charge is 0.246 e. The zero-order valence-corrected chi connectivity index (χ0v) is 16.9. The summed E-state index contributed by atoms with van der Waals surface area (Å²) < 4.78 is 11.6. The number of hydrogen-bond donors (Lipinski definition) is 0. The average molecular weight is 385 g/mol. The Balaban J connectivity index is 1.29. The molecule has 1 aliphatic carbocycles. The van der Waals surface area contributed by atoms with Crippen LogP contribution in [-0.4, -0.2) is 67.2 Å². The van der Waals surface area contributed by atoms with Crippen LogP contribution < -0.4 is 4.74 Å². The van der Waals surface area contributed by atoms with Gasteiger partial charge < -0.3 is 19.3 Å². The molecule has 4 rings (SSSR count). The van der Waals surface area contributed by atoms with Crippen molar-refractivity contribution in [2.45, 2.75) is 51.2 Å². The summed E-state index contributed by atoms with van der Waals surface area (Å²) in [5.41, 5.74) is 2.20. The van der Waals surface area contributed by atoms with Crippen LogP contribution >= 0.6 is 0 Å². The monoisotopic (exact) mass is 384 g/mol. The molecular formula is C23H32N2O3. The predicted molar refractivity (Wildman–Crippen MR) is 110 cm³/mol. The lowest BCUT2D eigenvalue weighted by Crippen LogP contribution is -2.46. The molecule has 0 bridgehead atoms. The topological polar surface area (TPSA) is 42.0 Å². The van der Waals surface area contributed by atoms with Gasteiger partial charge in [-0.25, -0.2) is 0 Å². The molecule has 1 saturated carbocycles. The lowest BCUT2D eigenvalue weighted by atomic mass is 9.90. The number of carbonyl (C=O) groups is 1. The van der Waals surface area contributed by atoms with Gasteiger partial charge in [-0.2, -0.15) is 0 Å². The highest BCUT2D eigenvalue weighted by Crippen LogP contribution is 2.29. The van der Waals surface area contributed by atoms with E-state index in [2.05, 4.69) is 24.0 Å². The summed E-state index contributed by atoms with van der Waals surface area (Å²) >= 11 is 0. The Morgan fingerprint density at radius 3 is 2.50 bits per heavy atom. The number of piperidine rings is 1. The van der Waals surface area contributed by atoms with Crippen LogP contribution in [0.5, 0.6) is 5.75 Å². The summed E-state index contributed by atoms with van der Waals surface area (Å²) in [6.07, 6.45) is 10.3. The van der Waals surface area contributed by atoms with Gasteiger partial charge in [0.15, 0.2) is 0 Å². The van der Waals surface area contributed by atoms with Crippen LogP contribution in [0.25, 0.3) is 6.08 Å². The number of hydrogen-bond acceptors (Lipinski definition) is 4. The molecule has 0 unspecified atom stereocenters. The molecule has 1 amide bonds. The number of ether oxygens (including phenoxy) is 2. The molecule has 0 spiro atoms. The predicted octanol–water partition coefficient (Wildman–Crippen LogP) is 3.26. The maximum Gasteiger partial charge on any atom is 0.246 e. The normalized spacial score (nSPS) is 22.4. The summed E-state index contributed by atoms with van der Waals surface area (Å²) in [5.74, 6) is 0.998. The van der Waals surface area contributed by atoms with E-state index in [1.54, 1.807) is 6.08 Å². The fourth-order valence-corrected chi connectivity index (χ4v) is 4.26. The molecule has 0 aromatic heterocycles. The molecule has 3 aliphatic rings. The molecule has 2 heterocycles. The second-order valence-corrected chi connectivity index (χ2v) is 8.23. The number of likely N-dealkylation sites (tertiary alicyclic amines) is 1. The number of benzene rings is 1. The van der Waals surface area contributed by atoms with E-state index in [-0.39, 0.29) is 5.91 Å². The van der Waals surface area contributed by atoms with Crippen LogP contribution in [0.15, 0.2) is 24.3 Å². The Morgan fingerprint density at radius 1 is 1.11 bits per heavy atom. The molecule has 28 heavy (non-hydrogen) atoms. The first-order valence-electron chi connectivity index (χ1n) is 10.7. The molecule has 5 heteroatoms. The largest absolute Gasteiger partial charge is 0.490 e. The summed E-state index contributed by atoms with van der Waals surface area (Å²) in [4.78, 5) is 16.8. The highest BCUT2D eigenvalue weighted by Gasteiger charge is 2.29. The lowest BCUT2D eigenvalue weighted by molar-refractivity contribution is -0.129. The van der Waals surface area contributed by atoms with Gasteiger partial charge in [-0.1, -0.05) is 12.5 Å². The number of carbonyl (C=O) groups excluding carboxylic acids is 1. The van der Waals surface area contributed by atoms with Gasteiger partial charge in [0.1, 0.15) is 11.9 Å². The first kappa shape index (κ1) is 19.5. The quantitative estimate of drug-likeness (QED) is 0.731. The van der Waals surface area contributed by atoms with Crippen molar-refractivity contribution in [3.63, 3.8) is 0 Å². The zero-order chi connectivity index (χ0) is 19.3. The van der Waals surface area contributed by atoms with Crippen molar-refractivity contribution in [2.24, 2.45) is 0 Å². The summed E-state index contributed by atoms with van der Waals surface area (Å²) in [6, 6.07) is 7.02. The number of rotatable bonds is 5. The van der Waals surface area contributed by atoms with E-state index in [0.29, 0.717) is 32.4 Å². The minimum Gasteiger partial charge on any atom is -0.490 e. The standard InChI is InChI=1S/C23H32N2O3/c1-18-17-22(28-21-9-11-24(12-10-21)20-3-2-4-20)7-5-19(18)6-8-23(26)25-13-15-27-16-14-25/h5-8,17,20-21H,2-4,9-16H2,1H3/b8-6+. The van der Waals surface area contributed by atoms with E-state index in [1.807, 2.05) is 17.0 Å². The second-order valence-electron chi connectivity index (χ2n) is 8.23. The third kappa shape index (κ3) is 4.76. The SMILES string of the molecule is Cc1cc(OC2CCN(C3CCC3)CC2)ccc1/C=C/C(=O)N1CCOCC1. The summed E-state index contributed by atoms with van der Waals surface area (Å²) in [7, 11) is 0. The summed E-state index contributed by atoms with van der Waals surface area (Å²) in [6.45, 7) is 7.01. The fraction of sp³-hybridized carbons (Fsp3) is 0.609. The third-order valence-electron chi connectivity index (χ3n) is 6.34. The maximum absolute atomic E-state index is 12.3. The molecule has 5 nitrogen and oxygen atoms in total. The summed E-state index contributed by atoms with van der Waals surface area (Å²) in [5, 5.41) is 0. The van der Waals surface area contributed by atoms with Crippen molar-refractivity contribution in [3.8, 4) is 5.75 Å². The Bertz CT molecular complexity index is 700. The van der Waals surface area contributed by atoms with E-state index in [4.69, 9.17) is 9.47 Å². The van der Waals surface area contributed by atoms with Gasteiger partial charge in [0, 0.05) is 38.3 Å².